The SMILES string of the molecule is CCC(C)C(C(=O)Nc1cccc(Br)c1)N1C(=O)c2ccccc2C1c1c(-c2ccc(C)cc2)[nH]c2ccccc12. The minimum absolute atomic E-state index is 0.0871. The molecule has 2 heterocycles. The zero-order chi connectivity index (χ0) is 28.7. The van der Waals surface area contributed by atoms with Crippen LogP contribution >= 0.6 is 15.9 Å². The lowest BCUT2D eigenvalue weighted by Crippen LogP contribution is -2.50. The Morgan fingerprint density at radius 3 is 2.46 bits per heavy atom. The topological polar surface area (TPSA) is 65.2 Å². The number of amides is 2. The number of H-pyrrole nitrogens is 1. The molecule has 1 aromatic heterocycles. The van der Waals surface area contributed by atoms with E-state index in [1.54, 1.807) is 0 Å². The van der Waals surface area contributed by atoms with Crippen LogP contribution in [-0.4, -0.2) is 27.7 Å². The predicted molar refractivity (Wildman–Crippen MR) is 169 cm³/mol. The molecule has 6 rings (SSSR count). The van der Waals surface area contributed by atoms with Crippen LogP contribution in [-0.2, 0) is 4.79 Å². The van der Waals surface area contributed by atoms with Gasteiger partial charge in [-0.2, -0.15) is 0 Å². The number of para-hydroxylation sites is 1. The normalized spacial score (nSPS) is 16.0. The van der Waals surface area contributed by atoms with Crippen LogP contribution in [0.1, 0.15) is 53.4 Å². The summed E-state index contributed by atoms with van der Waals surface area (Å²) in [7, 11) is 0. The summed E-state index contributed by atoms with van der Waals surface area (Å²) in [6.07, 6.45) is 0.738. The minimum Gasteiger partial charge on any atom is -0.354 e. The first-order chi connectivity index (χ1) is 19.9. The molecule has 2 N–H and O–H groups in total. The fraction of sp³-hybridized carbons (Fsp3) is 0.200. The van der Waals surface area contributed by atoms with Gasteiger partial charge in [-0.1, -0.05) is 108 Å². The van der Waals surface area contributed by atoms with Crippen LogP contribution in [0.25, 0.3) is 22.2 Å². The number of aromatic nitrogens is 1. The molecule has 3 atom stereocenters. The highest BCUT2D eigenvalue weighted by Crippen LogP contribution is 2.47. The fourth-order valence-corrected chi connectivity index (χ4v) is 6.38. The summed E-state index contributed by atoms with van der Waals surface area (Å²) in [5, 5.41) is 4.15. The summed E-state index contributed by atoms with van der Waals surface area (Å²) >= 11 is 3.50. The van der Waals surface area contributed by atoms with E-state index in [-0.39, 0.29) is 17.7 Å². The predicted octanol–water partition coefficient (Wildman–Crippen LogP) is 8.50. The van der Waals surface area contributed by atoms with Crippen molar-refractivity contribution in [3.63, 3.8) is 0 Å². The highest BCUT2D eigenvalue weighted by atomic mass is 79.9. The van der Waals surface area contributed by atoms with Crippen molar-refractivity contribution in [2.24, 2.45) is 5.92 Å². The second kappa shape index (κ2) is 11.0. The number of nitrogens with zero attached hydrogens (tertiary/aromatic N) is 1. The number of hydrogen-bond donors (Lipinski definition) is 2. The monoisotopic (exact) mass is 605 g/mol. The zero-order valence-corrected chi connectivity index (χ0v) is 24.9. The summed E-state index contributed by atoms with van der Waals surface area (Å²) in [5.41, 5.74) is 7.42. The number of nitrogens with one attached hydrogen (secondary N) is 2. The van der Waals surface area contributed by atoms with Crippen molar-refractivity contribution >= 4 is 44.3 Å². The smallest absolute Gasteiger partial charge is 0.255 e. The van der Waals surface area contributed by atoms with E-state index in [1.165, 1.54) is 5.56 Å². The van der Waals surface area contributed by atoms with Gasteiger partial charge in [-0.3, -0.25) is 9.59 Å². The van der Waals surface area contributed by atoms with Gasteiger partial charge in [0, 0.05) is 32.2 Å². The van der Waals surface area contributed by atoms with Crippen molar-refractivity contribution in [1.29, 1.82) is 0 Å². The molecule has 41 heavy (non-hydrogen) atoms. The van der Waals surface area contributed by atoms with Gasteiger partial charge in [-0.05, 0) is 54.3 Å². The standard InChI is InChI=1S/C35H32BrN3O2/c1-4-22(3)32(34(40)37-25-11-9-10-24(36)20-25)39-33(26-12-5-6-13-27(26)35(39)41)30-28-14-7-8-15-29(28)38-31(30)23-18-16-21(2)17-19-23/h5-20,22,32-33,38H,4H2,1-3H3,(H,37,40). The zero-order valence-electron chi connectivity index (χ0n) is 23.3. The summed E-state index contributed by atoms with van der Waals surface area (Å²) < 4.78 is 0.874. The Kier molecular flexibility index (Phi) is 7.26. The summed E-state index contributed by atoms with van der Waals surface area (Å²) in [6, 6.07) is 30.8. The maximum Gasteiger partial charge on any atom is 0.255 e. The van der Waals surface area contributed by atoms with Crippen LogP contribution in [0.15, 0.2) is 102 Å². The molecular formula is C35H32BrN3O2. The first-order valence-corrected chi connectivity index (χ1v) is 14.8. The number of rotatable bonds is 7. The number of carbonyl (C=O) groups is 2. The number of carbonyl (C=O) groups excluding carboxylic acids is 2. The van der Waals surface area contributed by atoms with Crippen molar-refractivity contribution in [1.82, 2.24) is 9.88 Å². The van der Waals surface area contributed by atoms with Gasteiger partial charge < -0.3 is 15.2 Å². The Morgan fingerprint density at radius 1 is 0.976 bits per heavy atom. The first-order valence-electron chi connectivity index (χ1n) is 14.0. The lowest BCUT2D eigenvalue weighted by atomic mass is 9.90. The van der Waals surface area contributed by atoms with Gasteiger partial charge in [0.25, 0.3) is 5.91 Å². The summed E-state index contributed by atoms with van der Waals surface area (Å²) in [4.78, 5) is 34.0. The number of aryl methyl sites for hydroxylation is 1. The number of benzene rings is 4. The number of hydrogen-bond acceptors (Lipinski definition) is 2. The molecule has 6 heteroatoms. The molecule has 0 bridgehead atoms. The third-order valence-electron chi connectivity index (χ3n) is 8.20. The molecule has 0 saturated carbocycles. The van der Waals surface area contributed by atoms with Gasteiger partial charge in [-0.15, -0.1) is 0 Å². The Hall–Kier alpha value is -4.16. The molecule has 0 fully saturated rings. The van der Waals surface area contributed by atoms with Gasteiger partial charge >= 0.3 is 0 Å². The van der Waals surface area contributed by atoms with E-state index in [0.717, 1.165) is 44.2 Å². The van der Waals surface area contributed by atoms with Crippen molar-refractivity contribution in [2.45, 2.75) is 39.3 Å². The van der Waals surface area contributed by atoms with E-state index in [1.807, 2.05) is 65.6 Å². The van der Waals surface area contributed by atoms with Crippen molar-refractivity contribution < 1.29 is 9.59 Å². The number of anilines is 1. The van der Waals surface area contributed by atoms with Gasteiger partial charge in [0.05, 0.1) is 11.7 Å². The molecule has 1 aliphatic rings. The second-order valence-electron chi connectivity index (χ2n) is 10.9. The number of halogens is 1. The van der Waals surface area contributed by atoms with Crippen LogP contribution in [0, 0.1) is 12.8 Å². The summed E-state index contributed by atoms with van der Waals surface area (Å²) in [5.74, 6) is -0.406. The maximum atomic E-state index is 14.3. The molecule has 0 saturated heterocycles. The van der Waals surface area contributed by atoms with Crippen LogP contribution in [0.3, 0.4) is 0 Å². The lowest BCUT2D eigenvalue weighted by Gasteiger charge is -2.36. The molecule has 5 aromatic rings. The molecule has 206 valence electrons. The Morgan fingerprint density at radius 2 is 1.71 bits per heavy atom. The Bertz CT molecular complexity index is 1760. The lowest BCUT2D eigenvalue weighted by molar-refractivity contribution is -0.122. The van der Waals surface area contributed by atoms with Gasteiger partial charge in [0.2, 0.25) is 5.91 Å². The molecule has 0 aliphatic carbocycles. The van der Waals surface area contributed by atoms with Crippen LogP contribution in [0.5, 0.6) is 0 Å². The largest absolute Gasteiger partial charge is 0.354 e. The van der Waals surface area contributed by atoms with Gasteiger partial charge in [0.1, 0.15) is 6.04 Å². The average molecular weight is 607 g/mol. The quantitative estimate of drug-likeness (QED) is 0.195. The molecule has 0 radical (unpaired) electrons. The third-order valence-corrected chi connectivity index (χ3v) is 8.70. The van der Waals surface area contributed by atoms with E-state index < -0.39 is 12.1 Å². The van der Waals surface area contributed by atoms with Crippen LogP contribution in [0.4, 0.5) is 5.69 Å². The number of aromatic amines is 1. The molecule has 0 spiro atoms. The van der Waals surface area contributed by atoms with Crippen LogP contribution in [0.2, 0.25) is 0 Å². The highest BCUT2D eigenvalue weighted by molar-refractivity contribution is 9.10. The van der Waals surface area contributed by atoms with E-state index in [9.17, 15) is 9.59 Å². The van der Waals surface area contributed by atoms with Crippen molar-refractivity contribution in [3.8, 4) is 11.3 Å². The first kappa shape index (κ1) is 27.0. The third kappa shape index (κ3) is 4.87. The van der Waals surface area contributed by atoms with E-state index in [0.29, 0.717) is 11.3 Å². The highest BCUT2D eigenvalue weighted by Gasteiger charge is 2.47. The molecular weight excluding hydrogens is 574 g/mol. The summed E-state index contributed by atoms with van der Waals surface area (Å²) in [6.45, 7) is 6.19. The second-order valence-corrected chi connectivity index (χ2v) is 11.8. The Labute approximate surface area is 248 Å². The van der Waals surface area contributed by atoms with Crippen molar-refractivity contribution in [3.05, 3.63) is 124 Å². The average Bonchev–Trinajstić information content (AvgIpc) is 3.48. The van der Waals surface area contributed by atoms with Crippen LogP contribution < -0.4 is 5.32 Å². The fourth-order valence-electron chi connectivity index (χ4n) is 5.98. The Balaban J connectivity index is 1.56. The van der Waals surface area contributed by atoms with E-state index >= 15 is 0 Å². The maximum absolute atomic E-state index is 14.3. The molecule has 3 unspecified atom stereocenters. The molecule has 1 aliphatic heterocycles. The molecule has 5 nitrogen and oxygen atoms in total. The minimum atomic E-state index is -0.691. The van der Waals surface area contributed by atoms with Gasteiger partial charge in [0.15, 0.2) is 0 Å². The molecule has 2 amide bonds. The van der Waals surface area contributed by atoms with E-state index in [4.69, 9.17) is 0 Å². The number of fused-ring (bicyclic) bond motifs is 2. The molecule has 4 aromatic carbocycles. The van der Waals surface area contributed by atoms with Gasteiger partial charge in [-0.25, -0.2) is 0 Å². The van der Waals surface area contributed by atoms with Crippen molar-refractivity contribution in [2.75, 3.05) is 5.32 Å². The van der Waals surface area contributed by atoms with E-state index in [2.05, 4.69) is 83.4 Å².